The molecule has 1 aliphatic heterocycles. The van der Waals surface area contributed by atoms with Gasteiger partial charge in [0.05, 0.1) is 35.3 Å². The van der Waals surface area contributed by atoms with Crippen molar-refractivity contribution < 1.29 is 9.53 Å². The van der Waals surface area contributed by atoms with Gasteiger partial charge in [-0.25, -0.2) is 4.79 Å². The molecule has 0 aliphatic carbocycles. The maximum atomic E-state index is 12.9. The predicted octanol–water partition coefficient (Wildman–Crippen LogP) is 4.34. The summed E-state index contributed by atoms with van der Waals surface area (Å²) in [5, 5.41) is 14.1. The minimum Gasteiger partial charge on any atom is -0.463 e. The van der Waals surface area contributed by atoms with Crippen molar-refractivity contribution in [3.63, 3.8) is 0 Å². The Morgan fingerprint density at radius 3 is 2.78 bits per heavy atom. The number of aromatic nitrogens is 1. The topological polar surface area (TPSA) is 75.0 Å². The third-order valence-corrected chi connectivity index (χ3v) is 4.75. The van der Waals surface area contributed by atoms with Gasteiger partial charge in [-0.1, -0.05) is 31.5 Å². The quantitative estimate of drug-likeness (QED) is 0.802. The molecule has 1 N–H and O–H groups in total. The van der Waals surface area contributed by atoms with Gasteiger partial charge in [0.2, 0.25) is 0 Å². The standard InChI is InChI=1S/C22H23N3O2/c1-4-8-19-21(22(26)27-5-2)20(17(13-23)14(3)25-19)16-11-12-24-18-10-7-6-9-15(16)18/h6-7,9-12,20,25H,4-5,8H2,1-3H3/t20-/m0/s1. The fraction of sp³-hybridized carbons (Fsp3) is 0.318. The van der Waals surface area contributed by atoms with Crippen LogP contribution in [0, 0.1) is 11.3 Å². The number of hydrogen-bond donors (Lipinski definition) is 1. The van der Waals surface area contributed by atoms with Crippen LogP contribution in [0.2, 0.25) is 0 Å². The zero-order chi connectivity index (χ0) is 19.4. The molecule has 1 atom stereocenters. The van der Waals surface area contributed by atoms with E-state index in [1.165, 1.54) is 0 Å². The second-order valence-corrected chi connectivity index (χ2v) is 6.49. The highest BCUT2D eigenvalue weighted by atomic mass is 16.5. The summed E-state index contributed by atoms with van der Waals surface area (Å²) in [7, 11) is 0. The molecule has 1 aromatic carbocycles. The summed E-state index contributed by atoms with van der Waals surface area (Å²) in [5.41, 5.74) is 4.41. The molecule has 27 heavy (non-hydrogen) atoms. The normalized spacial score (nSPS) is 16.9. The smallest absolute Gasteiger partial charge is 0.336 e. The van der Waals surface area contributed by atoms with E-state index >= 15 is 0 Å². The molecule has 2 heterocycles. The summed E-state index contributed by atoms with van der Waals surface area (Å²) in [5.74, 6) is -0.843. The Morgan fingerprint density at radius 2 is 2.07 bits per heavy atom. The van der Waals surface area contributed by atoms with Gasteiger partial charge < -0.3 is 10.1 Å². The van der Waals surface area contributed by atoms with Crippen LogP contribution in [0.4, 0.5) is 0 Å². The van der Waals surface area contributed by atoms with Crippen LogP contribution in [-0.4, -0.2) is 17.6 Å². The molecule has 0 unspecified atom stereocenters. The number of benzene rings is 1. The van der Waals surface area contributed by atoms with Crippen LogP contribution in [0.5, 0.6) is 0 Å². The van der Waals surface area contributed by atoms with Gasteiger partial charge in [0.1, 0.15) is 0 Å². The van der Waals surface area contributed by atoms with Crippen molar-refractivity contribution in [3.8, 4) is 6.07 Å². The summed E-state index contributed by atoms with van der Waals surface area (Å²) < 4.78 is 5.37. The fourth-order valence-electron chi connectivity index (χ4n) is 3.62. The number of nitrogens with zero attached hydrogens (tertiary/aromatic N) is 2. The first kappa shape index (κ1) is 18.7. The maximum Gasteiger partial charge on any atom is 0.336 e. The van der Waals surface area contributed by atoms with Gasteiger partial charge >= 0.3 is 5.97 Å². The second-order valence-electron chi connectivity index (χ2n) is 6.49. The molecule has 3 rings (SSSR count). The second kappa shape index (κ2) is 8.05. The molecule has 2 aromatic rings. The lowest BCUT2D eigenvalue weighted by Gasteiger charge is -2.30. The first-order valence-electron chi connectivity index (χ1n) is 9.24. The molecule has 0 saturated carbocycles. The molecule has 0 fully saturated rings. The minimum atomic E-state index is -0.468. The largest absolute Gasteiger partial charge is 0.463 e. The van der Waals surface area contributed by atoms with Gasteiger partial charge in [-0.2, -0.15) is 5.26 Å². The summed E-state index contributed by atoms with van der Waals surface area (Å²) >= 11 is 0. The van der Waals surface area contributed by atoms with Crippen molar-refractivity contribution in [1.82, 2.24) is 10.3 Å². The number of rotatable bonds is 5. The molecule has 5 heteroatoms. The lowest BCUT2D eigenvalue weighted by atomic mass is 9.79. The number of pyridine rings is 1. The van der Waals surface area contributed by atoms with Crippen LogP contribution in [0.25, 0.3) is 10.9 Å². The number of nitriles is 1. The summed E-state index contributed by atoms with van der Waals surface area (Å²) in [6, 6.07) is 12.0. The van der Waals surface area contributed by atoms with E-state index in [4.69, 9.17) is 4.74 Å². The number of allylic oxidation sites excluding steroid dienone is 3. The Labute approximate surface area is 159 Å². The van der Waals surface area contributed by atoms with E-state index in [-0.39, 0.29) is 12.6 Å². The Morgan fingerprint density at radius 1 is 1.30 bits per heavy atom. The first-order chi connectivity index (χ1) is 13.1. The molecule has 0 radical (unpaired) electrons. The molecule has 1 aromatic heterocycles. The molecule has 138 valence electrons. The number of para-hydroxylation sites is 1. The van der Waals surface area contributed by atoms with Gasteiger partial charge in [-0.05, 0) is 38.0 Å². The number of dihydropyridines is 1. The van der Waals surface area contributed by atoms with Crippen LogP contribution in [0.3, 0.4) is 0 Å². The number of ether oxygens (including phenoxy) is 1. The molecule has 1 aliphatic rings. The van der Waals surface area contributed by atoms with Gasteiger partial charge in [0.15, 0.2) is 0 Å². The van der Waals surface area contributed by atoms with Crippen LogP contribution in [0.15, 0.2) is 59.1 Å². The van der Waals surface area contributed by atoms with Crippen molar-refractivity contribution in [2.75, 3.05) is 6.61 Å². The van der Waals surface area contributed by atoms with E-state index in [1.54, 1.807) is 13.1 Å². The third kappa shape index (κ3) is 3.43. The lowest BCUT2D eigenvalue weighted by molar-refractivity contribution is -0.138. The van der Waals surface area contributed by atoms with Crippen LogP contribution in [0.1, 0.15) is 45.1 Å². The number of carbonyl (C=O) groups excluding carboxylic acids is 1. The highest BCUT2D eigenvalue weighted by molar-refractivity contribution is 5.95. The van der Waals surface area contributed by atoms with E-state index < -0.39 is 5.92 Å². The number of esters is 1. The van der Waals surface area contributed by atoms with Crippen LogP contribution < -0.4 is 5.32 Å². The number of nitrogens with one attached hydrogen (secondary N) is 1. The predicted molar refractivity (Wildman–Crippen MR) is 104 cm³/mol. The molecular formula is C22H23N3O2. The van der Waals surface area contributed by atoms with Crippen molar-refractivity contribution in [1.29, 1.82) is 5.26 Å². The average molecular weight is 361 g/mol. The highest BCUT2D eigenvalue weighted by Crippen LogP contribution is 2.41. The first-order valence-corrected chi connectivity index (χ1v) is 9.24. The van der Waals surface area contributed by atoms with E-state index in [2.05, 4.69) is 23.3 Å². The maximum absolute atomic E-state index is 12.9. The zero-order valence-electron chi connectivity index (χ0n) is 15.9. The van der Waals surface area contributed by atoms with Gasteiger partial charge in [0, 0.05) is 23.0 Å². The molecule has 0 bridgehead atoms. The van der Waals surface area contributed by atoms with Gasteiger partial charge in [0.25, 0.3) is 0 Å². The van der Waals surface area contributed by atoms with E-state index in [0.717, 1.165) is 34.3 Å². The highest BCUT2D eigenvalue weighted by Gasteiger charge is 2.35. The number of fused-ring (bicyclic) bond motifs is 1. The molecule has 0 saturated heterocycles. The van der Waals surface area contributed by atoms with E-state index in [9.17, 15) is 10.1 Å². The zero-order valence-corrected chi connectivity index (χ0v) is 15.9. The van der Waals surface area contributed by atoms with Gasteiger partial charge in [-0.3, -0.25) is 4.98 Å². The Hall–Kier alpha value is -3.13. The minimum absolute atomic E-state index is 0.288. The molecule has 5 nitrogen and oxygen atoms in total. The third-order valence-electron chi connectivity index (χ3n) is 4.75. The number of hydrogen-bond acceptors (Lipinski definition) is 5. The van der Waals surface area contributed by atoms with Crippen molar-refractivity contribution in [2.24, 2.45) is 0 Å². The fourth-order valence-corrected chi connectivity index (χ4v) is 3.62. The SMILES string of the molecule is CCCC1=C(C(=O)OCC)[C@@H](c2ccnc3ccccc23)C(C#N)=C(C)N1. The van der Waals surface area contributed by atoms with Crippen LogP contribution in [-0.2, 0) is 9.53 Å². The summed E-state index contributed by atoms with van der Waals surface area (Å²) in [6.07, 6.45) is 3.32. The van der Waals surface area contributed by atoms with Crippen molar-refractivity contribution in [3.05, 3.63) is 64.6 Å². The average Bonchev–Trinajstić information content (AvgIpc) is 2.67. The van der Waals surface area contributed by atoms with E-state index in [1.807, 2.05) is 37.3 Å². The molecular weight excluding hydrogens is 338 g/mol. The van der Waals surface area contributed by atoms with Gasteiger partial charge in [-0.15, -0.1) is 0 Å². The van der Waals surface area contributed by atoms with Crippen molar-refractivity contribution >= 4 is 16.9 Å². The lowest BCUT2D eigenvalue weighted by Crippen LogP contribution is -2.30. The number of carbonyl (C=O) groups is 1. The monoisotopic (exact) mass is 361 g/mol. The van der Waals surface area contributed by atoms with Crippen molar-refractivity contribution in [2.45, 2.75) is 39.5 Å². The Bertz CT molecular complexity index is 977. The molecule has 0 spiro atoms. The Balaban J connectivity index is 2.30. The Kier molecular flexibility index (Phi) is 5.56. The van der Waals surface area contributed by atoms with E-state index in [0.29, 0.717) is 17.6 Å². The summed E-state index contributed by atoms with van der Waals surface area (Å²) in [6.45, 7) is 6.02. The summed E-state index contributed by atoms with van der Waals surface area (Å²) in [4.78, 5) is 17.3. The van der Waals surface area contributed by atoms with Crippen LogP contribution >= 0.6 is 0 Å². The molecule has 0 amide bonds.